The van der Waals surface area contributed by atoms with Crippen molar-refractivity contribution < 1.29 is 0 Å². The summed E-state index contributed by atoms with van der Waals surface area (Å²) in [6, 6.07) is 6.04. The first kappa shape index (κ1) is 14.9. The molecule has 0 radical (unpaired) electrons. The molecule has 0 aliphatic rings. The lowest BCUT2D eigenvalue weighted by Crippen LogP contribution is -2.21. The van der Waals surface area contributed by atoms with Gasteiger partial charge in [0, 0.05) is 24.1 Å². The van der Waals surface area contributed by atoms with Crippen LogP contribution in [0.15, 0.2) is 30.9 Å². The Morgan fingerprint density at radius 2 is 2.18 bits per heavy atom. The summed E-state index contributed by atoms with van der Waals surface area (Å²) in [7, 11) is 0. The molecule has 1 aromatic carbocycles. The highest BCUT2D eigenvalue weighted by molar-refractivity contribution is 7.99. The third-order valence-electron chi connectivity index (χ3n) is 2.38. The lowest BCUT2D eigenvalue weighted by molar-refractivity contribution is 0.601. The van der Waals surface area contributed by atoms with Crippen LogP contribution >= 0.6 is 35.0 Å². The van der Waals surface area contributed by atoms with Gasteiger partial charge in [-0.05, 0) is 24.6 Å². The van der Waals surface area contributed by atoms with E-state index in [0.717, 1.165) is 23.6 Å². The quantitative estimate of drug-likeness (QED) is 0.583. The Hall–Kier alpha value is -0.150. The molecule has 1 rings (SSSR count). The van der Waals surface area contributed by atoms with Crippen molar-refractivity contribution in [3.63, 3.8) is 0 Å². The first-order valence-corrected chi connectivity index (χ1v) is 7.43. The van der Waals surface area contributed by atoms with E-state index < -0.39 is 0 Å². The smallest absolute Gasteiger partial charge is 0.0595 e. The van der Waals surface area contributed by atoms with Crippen LogP contribution in [-0.2, 0) is 0 Å². The number of hydrogen-bond acceptors (Lipinski definition) is 2. The topological polar surface area (TPSA) is 12.0 Å². The van der Waals surface area contributed by atoms with E-state index in [4.69, 9.17) is 23.2 Å². The second-order valence-electron chi connectivity index (χ2n) is 3.71. The molecule has 0 saturated heterocycles. The molecule has 0 bridgehead atoms. The van der Waals surface area contributed by atoms with E-state index in [-0.39, 0.29) is 6.04 Å². The van der Waals surface area contributed by atoms with Gasteiger partial charge in [0.05, 0.1) is 10.0 Å². The molecular formula is C13H17Cl2NS. The van der Waals surface area contributed by atoms with Crippen LogP contribution in [0.4, 0.5) is 0 Å². The summed E-state index contributed by atoms with van der Waals surface area (Å²) in [4.78, 5) is 0. The Bertz CT molecular complexity index is 368. The van der Waals surface area contributed by atoms with E-state index in [1.54, 1.807) is 0 Å². The molecule has 0 saturated carbocycles. The Kier molecular flexibility index (Phi) is 7.05. The van der Waals surface area contributed by atoms with Gasteiger partial charge in [-0.15, -0.1) is 6.58 Å². The Morgan fingerprint density at radius 3 is 2.82 bits per heavy atom. The van der Waals surface area contributed by atoms with Crippen LogP contribution in [0.1, 0.15) is 18.5 Å². The molecule has 0 heterocycles. The fourth-order valence-corrected chi connectivity index (χ4v) is 2.32. The molecule has 0 fully saturated rings. The highest BCUT2D eigenvalue weighted by Crippen LogP contribution is 2.25. The molecular weight excluding hydrogens is 273 g/mol. The summed E-state index contributed by atoms with van der Waals surface area (Å²) in [6.45, 7) is 6.79. The minimum atomic E-state index is 0.286. The number of benzene rings is 1. The maximum Gasteiger partial charge on any atom is 0.0595 e. The molecule has 1 unspecified atom stereocenters. The first-order valence-electron chi connectivity index (χ1n) is 5.52. The zero-order chi connectivity index (χ0) is 12.7. The zero-order valence-electron chi connectivity index (χ0n) is 9.88. The van der Waals surface area contributed by atoms with Crippen LogP contribution in [0, 0.1) is 0 Å². The second kappa shape index (κ2) is 8.04. The van der Waals surface area contributed by atoms with Gasteiger partial charge in [-0.1, -0.05) is 35.3 Å². The maximum absolute atomic E-state index is 5.99. The summed E-state index contributed by atoms with van der Waals surface area (Å²) in [6.07, 6.45) is 1.92. The summed E-state index contributed by atoms with van der Waals surface area (Å²) in [5.74, 6) is 2.08. The van der Waals surface area contributed by atoms with Gasteiger partial charge in [-0.3, -0.25) is 0 Å². The highest BCUT2D eigenvalue weighted by atomic mass is 35.5. The fourth-order valence-electron chi connectivity index (χ4n) is 1.41. The molecule has 0 aromatic heterocycles. The normalized spacial score (nSPS) is 12.4. The summed E-state index contributed by atoms with van der Waals surface area (Å²) < 4.78 is 0. The van der Waals surface area contributed by atoms with Crippen LogP contribution in [-0.4, -0.2) is 18.1 Å². The SMILES string of the molecule is C=CCSCCNC(C)c1ccc(Cl)c(Cl)c1. The van der Waals surface area contributed by atoms with E-state index in [1.165, 1.54) is 0 Å². The van der Waals surface area contributed by atoms with Crippen molar-refractivity contribution in [2.75, 3.05) is 18.1 Å². The molecule has 1 N–H and O–H groups in total. The number of hydrogen-bond donors (Lipinski definition) is 1. The van der Waals surface area contributed by atoms with Gasteiger partial charge in [-0.25, -0.2) is 0 Å². The summed E-state index contributed by atoms with van der Waals surface area (Å²) in [5, 5.41) is 4.66. The largest absolute Gasteiger partial charge is 0.309 e. The predicted octanol–water partition coefficient (Wildman–Crippen LogP) is 4.56. The molecule has 17 heavy (non-hydrogen) atoms. The molecule has 4 heteroatoms. The van der Waals surface area contributed by atoms with Crippen molar-refractivity contribution in [1.82, 2.24) is 5.32 Å². The van der Waals surface area contributed by atoms with Gasteiger partial charge in [0.25, 0.3) is 0 Å². The third kappa shape index (κ3) is 5.35. The van der Waals surface area contributed by atoms with E-state index in [2.05, 4.69) is 18.8 Å². The lowest BCUT2D eigenvalue weighted by Gasteiger charge is -2.14. The Balaban J connectivity index is 2.38. The van der Waals surface area contributed by atoms with Gasteiger partial charge >= 0.3 is 0 Å². The molecule has 1 atom stereocenters. The van der Waals surface area contributed by atoms with E-state index >= 15 is 0 Å². The van der Waals surface area contributed by atoms with Crippen LogP contribution in [0.3, 0.4) is 0 Å². The maximum atomic E-state index is 5.99. The average molecular weight is 290 g/mol. The monoisotopic (exact) mass is 289 g/mol. The van der Waals surface area contributed by atoms with Crippen molar-refractivity contribution in [3.05, 3.63) is 46.5 Å². The van der Waals surface area contributed by atoms with Gasteiger partial charge in [0.1, 0.15) is 0 Å². The van der Waals surface area contributed by atoms with Crippen molar-refractivity contribution in [2.45, 2.75) is 13.0 Å². The standard InChI is InChI=1S/C13H17Cl2NS/c1-3-7-17-8-6-16-10(2)11-4-5-12(14)13(15)9-11/h3-5,9-10,16H,1,6-8H2,2H3. The van der Waals surface area contributed by atoms with Gasteiger partial charge < -0.3 is 5.32 Å². The second-order valence-corrected chi connectivity index (χ2v) is 5.68. The lowest BCUT2D eigenvalue weighted by atomic mass is 10.1. The van der Waals surface area contributed by atoms with Crippen molar-refractivity contribution in [2.24, 2.45) is 0 Å². The van der Waals surface area contributed by atoms with Crippen LogP contribution in [0.25, 0.3) is 0 Å². The molecule has 1 nitrogen and oxygen atoms in total. The van der Waals surface area contributed by atoms with Gasteiger partial charge in [-0.2, -0.15) is 11.8 Å². The van der Waals surface area contributed by atoms with Gasteiger partial charge in [0.2, 0.25) is 0 Å². The molecule has 1 aromatic rings. The van der Waals surface area contributed by atoms with Crippen LogP contribution < -0.4 is 5.32 Å². The number of halogens is 2. The molecule has 94 valence electrons. The van der Waals surface area contributed by atoms with Crippen molar-refractivity contribution in [3.8, 4) is 0 Å². The van der Waals surface area contributed by atoms with Crippen LogP contribution in [0.2, 0.25) is 10.0 Å². The van der Waals surface area contributed by atoms with E-state index in [1.807, 2.05) is 36.0 Å². The van der Waals surface area contributed by atoms with E-state index in [9.17, 15) is 0 Å². The minimum Gasteiger partial charge on any atom is -0.309 e. The highest BCUT2D eigenvalue weighted by Gasteiger charge is 2.06. The number of thioether (sulfide) groups is 1. The molecule has 0 spiro atoms. The molecule has 0 amide bonds. The Labute approximate surface area is 118 Å². The predicted molar refractivity (Wildman–Crippen MR) is 80.4 cm³/mol. The fraction of sp³-hybridized carbons (Fsp3) is 0.385. The number of nitrogens with one attached hydrogen (secondary N) is 1. The zero-order valence-corrected chi connectivity index (χ0v) is 12.2. The molecule has 0 aliphatic carbocycles. The van der Waals surface area contributed by atoms with E-state index in [0.29, 0.717) is 10.0 Å². The average Bonchev–Trinajstić information content (AvgIpc) is 2.32. The summed E-state index contributed by atoms with van der Waals surface area (Å²) >= 11 is 13.7. The van der Waals surface area contributed by atoms with Crippen molar-refractivity contribution >= 4 is 35.0 Å². The first-order chi connectivity index (χ1) is 8.15. The van der Waals surface area contributed by atoms with Crippen molar-refractivity contribution in [1.29, 1.82) is 0 Å². The van der Waals surface area contributed by atoms with Crippen LogP contribution in [0.5, 0.6) is 0 Å². The number of rotatable bonds is 7. The van der Waals surface area contributed by atoms with Gasteiger partial charge in [0.15, 0.2) is 0 Å². The Morgan fingerprint density at radius 1 is 1.41 bits per heavy atom. The minimum absolute atomic E-state index is 0.286. The summed E-state index contributed by atoms with van der Waals surface area (Å²) in [5.41, 5.74) is 1.16. The third-order valence-corrected chi connectivity index (χ3v) is 4.08. The molecule has 0 aliphatic heterocycles.